The van der Waals surface area contributed by atoms with Crippen molar-refractivity contribution in [3.05, 3.63) is 34.8 Å². The van der Waals surface area contributed by atoms with E-state index in [1.54, 1.807) is 29.2 Å². The molecule has 0 atom stereocenters. The van der Waals surface area contributed by atoms with Gasteiger partial charge in [-0.3, -0.25) is 0 Å². The Balaban J connectivity index is 1.74. The highest BCUT2D eigenvalue weighted by atomic mass is 32.1. The number of fused-ring (bicyclic) bond motifs is 1. The molecule has 6 nitrogen and oxygen atoms in total. The minimum absolute atomic E-state index is 0.291. The van der Waals surface area contributed by atoms with Crippen molar-refractivity contribution in [2.45, 2.75) is 39.7 Å². The highest BCUT2D eigenvalue weighted by molar-refractivity contribution is 7.19. The number of hydrogen-bond acceptors (Lipinski definition) is 6. The van der Waals surface area contributed by atoms with Gasteiger partial charge in [0.2, 0.25) is 0 Å². The number of esters is 1. The van der Waals surface area contributed by atoms with Gasteiger partial charge in [-0.25, -0.2) is 14.6 Å². The third-order valence-corrected chi connectivity index (χ3v) is 5.13. The van der Waals surface area contributed by atoms with Crippen LogP contribution < -0.4 is 0 Å². The first-order valence-electron chi connectivity index (χ1n) is 9.02. The highest BCUT2D eigenvalue weighted by Gasteiger charge is 2.24. The van der Waals surface area contributed by atoms with E-state index in [-0.39, 0.29) is 12.1 Å². The number of aromatic nitrogens is 1. The number of carbonyl (C=O) groups is 2. The van der Waals surface area contributed by atoms with Crippen molar-refractivity contribution in [2.24, 2.45) is 0 Å². The SMILES string of the molecule is CCOC(=O)c1ccc2nc(C3=CCN(C(=O)OC(C)(C)C)CC3)sc2c1. The van der Waals surface area contributed by atoms with Gasteiger partial charge < -0.3 is 14.4 Å². The summed E-state index contributed by atoms with van der Waals surface area (Å²) in [5, 5.41) is 0.926. The van der Waals surface area contributed by atoms with E-state index in [0.29, 0.717) is 25.3 Å². The maximum atomic E-state index is 12.2. The van der Waals surface area contributed by atoms with Gasteiger partial charge in [-0.2, -0.15) is 0 Å². The number of rotatable bonds is 3. The van der Waals surface area contributed by atoms with Crippen molar-refractivity contribution >= 4 is 39.2 Å². The first kappa shape index (κ1) is 19.4. The molecule has 1 aromatic heterocycles. The molecule has 0 fully saturated rings. The lowest BCUT2D eigenvalue weighted by molar-refractivity contribution is 0.0270. The lowest BCUT2D eigenvalue weighted by atomic mass is 10.1. The molecule has 0 spiro atoms. The van der Waals surface area contributed by atoms with E-state index >= 15 is 0 Å². The van der Waals surface area contributed by atoms with Gasteiger partial charge in [-0.05, 0) is 57.9 Å². The maximum Gasteiger partial charge on any atom is 0.410 e. The zero-order valence-electron chi connectivity index (χ0n) is 16.1. The summed E-state index contributed by atoms with van der Waals surface area (Å²) in [6, 6.07) is 5.41. The van der Waals surface area contributed by atoms with Gasteiger partial charge in [0.1, 0.15) is 10.6 Å². The topological polar surface area (TPSA) is 68.7 Å². The van der Waals surface area contributed by atoms with Crippen LogP contribution in [0, 0.1) is 0 Å². The Morgan fingerprint density at radius 1 is 1.30 bits per heavy atom. The molecule has 7 heteroatoms. The number of nitrogens with zero attached hydrogens (tertiary/aromatic N) is 2. The number of hydrogen-bond donors (Lipinski definition) is 0. The summed E-state index contributed by atoms with van der Waals surface area (Å²) in [6.07, 6.45) is 2.46. The zero-order valence-corrected chi connectivity index (χ0v) is 16.9. The van der Waals surface area contributed by atoms with Gasteiger partial charge in [0.05, 0.1) is 22.4 Å². The molecule has 0 aliphatic carbocycles. The van der Waals surface area contributed by atoms with Crippen LogP contribution in [-0.4, -0.2) is 47.2 Å². The van der Waals surface area contributed by atoms with Gasteiger partial charge >= 0.3 is 12.1 Å². The third kappa shape index (κ3) is 4.66. The molecule has 1 aliphatic rings. The molecular weight excluding hydrogens is 364 g/mol. The standard InChI is InChI=1S/C20H24N2O4S/c1-5-25-18(23)14-6-7-15-16(12-14)27-17(21-15)13-8-10-22(11-9-13)19(24)26-20(2,3)4/h6-8,12H,5,9-11H2,1-4H3. The number of benzene rings is 1. The van der Waals surface area contributed by atoms with Gasteiger partial charge in [0, 0.05) is 13.1 Å². The van der Waals surface area contributed by atoms with E-state index in [9.17, 15) is 9.59 Å². The van der Waals surface area contributed by atoms with E-state index in [4.69, 9.17) is 9.47 Å². The Kier molecular flexibility index (Phi) is 5.51. The minimum Gasteiger partial charge on any atom is -0.462 e. The lowest BCUT2D eigenvalue weighted by Gasteiger charge is -2.29. The number of ether oxygens (including phenoxy) is 2. The smallest absolute Gasteiger partial charge is 0.410 e. The van der Waals surface area contributed by atoms with Crippen LogP contribution in [0.1, 0.15) is 49.5 Å². The van der Waals surface area contributed by atoms with Crippen LogP contribution in [0.5, 0.6) is 0 Å². The average Bonchev–Trinajstić information content (AvgIpc) is 3.04. The van der Waals surface area contributed by atoms with E-state index in [1.165, 1.54) is 0 Å². The van der Waals surface area contributed by atoms with Crippen LogP contribution in [0.15, 0.2) is 24.3 Å². The van der Waals surface area contributed by atoms with E-state index in [2.05, 4.69) is 4.98 Å². The van der Waals surface area contributed by atoms with Crippen LogP contribution in [0.3, 0.4) is 0 Å². The molecule has 1 aliphatic heterocycles. The normalized spacial score (nSPS) is 14.8. The predicted molar refractivity (Wildman–Crippen MR) is 106 cm³/mol. The minimum atomic E-state index is -0.495. The molecule has 3 rings (SSSR count). The summed E-state index contributed by atoms with van der Waals surface area (Å²) in [7, 11) is 0. The van der Waals surface area contributed by atoms with Crippen LogP contribution in [-0.2, 0) is 9.47 Å². The van der Waals surface area contributed by atoms with Crippen molar-refractivity contribution in [1.29, 1.82) is 0 Å². The first-order valence-corrected chi connectivity index (χ1v) is 9.83. The number of carbonyl (C=O) groups excluding carboxylic acids is 2. The second-order valence-corrected chi connectivity index (χ2v) is 8.36. The van der Waals surface area contributed by atoms with Crippen LogP contribution in [0.4, 0.5) is 4.79 Å². The number of thiazole rings is 1. The second-order valence-electron chi connectivity index (χ2n) is 7.33. The quantitative estimate of drug-likeness (QED) is 0.724. The molecule has 2 heterocycles. The maximum absolute atomic E-state index is 12.2. The largest absolute Gasteiger partial charge is 0.462 e. The monoisotopic (exact) mass is 388 g/mol. The predicted octanol–water partition coefficient (Wildman–Crippen LogP) is 4.50. The van der Waals surface area contributed by atoms with Crippen LogP contribution in [0.25, 0.3) is 15.8 Å². The Morgan fingerprint density at radius 2 is 2.07 bits per heavy atom. The van der Waals surface area contributed by atoms with Crippen LogP contribution >= 0.6 is 11.3 Å². The Hall–Kier alpha value is -2.41. The summed E-state index contributed by atoms with van der Waals surface area (Å²) in [5.74, 6) is -0.320. The van der Waals surface area contributed by atoms with Gasteiger partial charge in [-0.1, -0.05) is 6.08 Å². The molecular formula is C20H24N2O4S. The Bertz CT molecular complexity index is 895. The summed E-state index contributed by atoms with van der Waals surface area (Å²) >= 11 is 1.55. The van der Waals surface area contributed by atoms with Gasteiger partial charge in [0.15, 0.2) is 0 Å². The molecule has 0 unspecified atom stereocenters. The third-order valence-electron chi connectivity index (χ3n) is 4.04. The molecule has 27 heavy (non-hydrogen) atoms. The molecule has 2 aromatic rings. The summed E-state index contributed by atoms with van der Waals surface area (Å²) in [6.45, 7) is 8.84. The molecule has 1 aromatic carbocycles. The molecule has 0 radical (unpaired) electrons. The lowest BCUT2D eigenvalue weighted by Crippen LogP contribution is -2.39. The van der Waals surface area contributed by atoms with Crippen molar-refractivity contribution in [3.8, 4) is 0 Å². The molecule has 0 saturated heterocycles. The van der Waals surface area contributed by atoms with E-state index in [1.807, 2.05) is 39.0 Å². The fourth-order valence-corrected chi connectivity index (χ4v) is 3.83. The molecule has 144 valence electrons. The molecule has 0 N–H and O–H groups in total. The Morgan fingerprint density at radius 3 is 2.70 bits per heavy atom. The Labute approximate surface area is 162 Å². The van der Waals surface area contributed by atoms with E-state index < -0.39 is 5.60 Å². The van der Waals surface area contributed by atoms with Crippen molar-refractivity contribution in [3.63, 3.8) is 0 Å². The van der Waals surface area contributed by atoms with Gasteiger partial charge in [-0.15, -0.1) is 11.3 Å². The second kappa shape index (κ2) is 7.68. The fraction of sp³-hybridized carbons (Fsp3) is 0.450. The van der Waals surface area contributed by atoms with Gasteiger partial charge in [0.25, 0.3) is 0 Å². The summed E-state index contributed by atoms with van der Waals surface area (Å²) < 4.78 is 11.4. The average molecular weight is 388 g/mol. The molecule has 0 bridgehead atoms. The van der Waals surface area contributed by atoms with E-state index in [0.717, 1.165) is 27.2 Å². The first-order chi connectivity index (χ1) is 12.8. The summed E-state index contributed by atoms with van der Waals surface area (Å²) in [4.78, 5) is 30.4. The van der Waals surface area contributed by atoms with Crippen LogP contribution in [0.2, 0.25) is 0 Å². The van der Waals surface area contributed by atoms with Crippen molar-refractivity contribution in [1.82, 2.24) is 9.88 Å². The molecule has 1 amide bonds. The molecule has 0 saturated carbocycles. The summed E-state index contributed by atoms with van der Waals surface area (Å²) in [5.41, 5.74) is 2.02. The highest BCUT2D eigenvalue weighted by Crippen LogP contribution is 2.31. The zero-order chi connectivity index (χ0) is 19.6. The fourth-order valence-electron chi connectivity index (χ4n) is 2.76. The van der Waals surface area contributed by atoms with Crippen molar-refractivity contribution < 1.29 is 19.1 Å². The number of amides is 1. The van der Waals surface area contributed by atoms with Crippen molar-refractivity contribution in [2.75, 3.05) is 19.7 Å².